The first-order valence-electron chi connectivity index (χ1n) is 5.96. The smallest absolute Gasteiger partial charge is 0.251 e. The van der Waals surface area contributed by atoms with E-state index in [4.69, 9.17) is 5.73 Å². The summed E-state index contributed by atoms with van der Waals surface area (Å²) in [6.45, 7) is 1.29. The monoisotopic (exact) mass is 283 g/mol. The van der Waals surface area contributed by atoms with Crippen LogP contribution in [0.2, 0.25) is 0 Å². The maximum atomic E-state index is 13.7. The van der Waals surface area contributed by atoms with Crippen molar-refractivity contribution in [2.45, 2.75) is 0 Å². The summed E-state index contributed by atoms with van der Waals surface area (Å²) in [6.07, 6.45) is 0. The lowest BCUT2D eigenvalue weighted by Gasteiger charge is -2.09. The lowest BCUT2D eigenvalue weighted by atomic mass is 10.1. The highest BCUT2D eigenvalue weighted by atomic mass is 19.2. The molecule has 1 aromatic carbocycles. The average molecular weight is 283 g/mol. The number of aromatic amines is 1. The highest BCUT2D eigenvalue weighted by Crippen LogP contribution is 2.24. The van der Waals surface area contributed by atoms with Gasteiger partial charge in [-0.1, -0.05) is 0 Å². The molecule has 0 fully saturated rings. The lowest BCUT2D eigenvalue weighted by Crippen LogP contribution is -2.21. The summed E-state index contributed by atoms with van der Waals surface area (Å²) in [5.74, 6) is -2.86. The van der Waals surface area contributed by atoms with Crippen LogP contribution in [0.25, 0.3) is 11.0 Å². The van der Waals surface area contributed by atoms with Crippen molar-refractivity contribution in [2.75, 3.05) is 32.5 Å². The Kier molecular flexibility index (Phi) is 3.84. The summed E-state index contributed by atoms with van der Waals surface area (Å²) in [4.78, 5) is 19.8. The molecule has 0 spiro atoms. The first-order valence-corrected chi connectivity index (χ1v) is 5.96. The Hall–Kier alpha value is -2.22. The number of carbonyl (C=O) groups is 1. The molecule has 6 nitrogen and oxygen atoms in total. The van der Waals surface area contributed by atoms with Crippen LogP contribution in [-0.2, 0) is 0 Å². The zero-order valence-corrected chi connectivity index (χ0v) is 11.1. The van der Waals surface area contributed by atoms with Crippen LogP contribution < -0.4 is 11.1 Å². The number of anilines is 1. The number of fused-ring (bicyclic) bond motifs is 1. The predicted molar refractivity (Wildman–Crippen MR) is 71.6 cm³/mol. The lowest BCUT2D eigenvalue weighted by molar-refractivity contribution is 0.100. The predicted octanol–water partition coefficient (Wildman–Crippen LogP) is 0.914. The van der Waals surface area contributed by atoms with Crippen LogP contribution in [0.15, 0.2) is 6.07 Å². The third-order valence-corrected chi connectivity index (χ3v) is 2.78. The van der Waals surface area contributed by atoms with E-state index >= 15 is 0 Å². The zero-order valence-electron chi connectivity index (χ0n) is 11.1. The second-order valence-electron chi connectivity index (χ2n) is 4.62. The van der Waals surface area contributed by atoms with Crippen LogP contribution in [0.3, 0.4) is 0 Å². The maximum absolute atomic E-state index is 13.7. The molecule has 0 aliphatic heterocycles. The summed E-state index contributed by atoms with van der Waals surface area (Å²) >= 11 is 0. The summed E-state index contributed by atoms with van der Waals surface area (Å²) in [5, 5.41) is 2.93. The largest absolute Gasteiger partial charge is 0.366 e. The number of likely N-dealkylation sites (N-methyl/N-ethyl adjacent to an activating group) is 1. The number of H-pyrrole nitrogens is 1. The standard InChI is InChI=1S/C12H15F2N5O/c1-19(2)4-3-16-12-17-9-6(11(15)20)5-7(13)8(14)10(9)18-12/h5H,3-4H2,1-2H3,(H2,15,20)(H2,16,17,18). The van der Waals surface area contributed by atoms with E-state index in [1.54, 1.807) is 0 Å². The van der Waals surface area contributed by atoms with Gasteiger partial charge in [-0.25, -0.2) is 13.8 Å². The number of aromatic nitrogens is 2. The fourth-order valence-corrected chi connectivity index (χ4v) is 1.78. The van der Waals surface area contributed by atoms with E-state index in [9.17, 15) is 13.6 Å². The van der Waals surface area contributed by atoms with Gasteiger partial charge in [0.05, 0.1) is 11.1 Å². The molecule has 2 rings (SSSR count). The van der Waals surface area contributed by atoms with Crippen LogP contribution >= 0.6 is 0 Å². The fraction of sp³-hybridized carbons (Fsp3) is 0.333. The Morgan fingerprint density at radius 2 is 2.20 bits per heavy atom. The topological polar surface area (TPSA) is 87.0 Å². The highest BCUT2D eigenvalue weighted by molar-refractivity contribution is 6.04. The second-order valence-corrected chi connectivity index (χ2v) is 4.62. The average Bonchev–Trinajstić information content (AvgIpc) is 2.77. The molecular weight excluding hydrogens is 268 g/mol. The van der Waals surface area contributed by atoms with Crippen LogP contribution in [0, 0.1) is 11.6 Å². The number of carbonyl (C=O) groups excluding carboxylic acids is 1. The van der Waals surface area contributed by atoms with Gasteiger partial charge in [-0.2, -0.15) is 0 Å². The molecule has 0 atom stereocenters. The van der Waals surface area contributed by atoms with Crippen LogP contribution in [0.1, 0.15) is 10.4 Å². The minimum absolute atomic E-state index is 0.0868. The Bertz CT molecular complexity index is 653. The zero-order chi connectivity index (χ0) is 14.9. The SMILES string of the molecule is CN(C)CCNc1nc2c(F)c(F)cc(C(N)=O)c2[nH]1. The number of imidazole rings is 1. The third-order valence-electron chi connectivity index (χ3n) is 2.78. The Labute approximate surface area is 114 Å². The third kappa shape index (κ3) is 2.69. The first-order chi connectivity index (χ1) is 9.40. The van der Waals surface area contributed by atoms with E-state index in [0.29, 0.717) is 6.54 Å². The van der Waals surface area contributed by atoms with Gasteiger partial charge in [0.2, 0.25) is 5.95 Å². The summed E-state index contributed by atoms with van der Waals surface area (Å²) in [6, 6.07) is 0.766. The van der Waals surface area contributed by atoms with Crippen molar-refractivity contribution in [1.29, 1.82) is 0 Å². The quantitative estimate of drug-likeness (QED) is 0.761. The van der Waals surface area contributed by atoms with E-state index in [1.165, 1.54) is 0 Å². The van der Waals surface area contributed by atoms with Crippen LogP contribution in [0.5, 0.6) is 0 Å². The molecule has 1 amide bonds. The number of nitrogens with one attached hydrogen (secondary N) is 2. The molecule has 0 bridgehead atoms. The van der Waals surface area contributed by atoms with Gasteiger partial charge in [0.25, 0.3) is 5.91 Å². The molecule has 8 heteroatoms. The molecule has 2 aromatic rings. The highest BCUT2D eigenvalue weighted by Gasteiger charge is 2.19. The van der Waals surface area contributed by atoms with Gasteiger partial charge in [0, 0.05) is 13.1 Å². The van der Waals surface area contributed by atoms with Crippen molar-refractivity contribution in [1.82, 2.24) is 14.9 Å². The fourth-order valence-electron chi connectivity index (χ4n) is 1.78. The van der Waals surface area contributed by atoms with E-state index in [1.807, 2.05) is 19.0 Å². The van der Waals surface area contributed by atoms with E-state index in [2.05, 4.69) is 15.3 Å². The van der Waals surface area contributed by atoms with Crippen molar-refractivity contribution in [3.05, 3.63) is 23.3 Å². The van der Waals surface area contributed by atoms with Gasteiger partial charge in [-0.05, 0) is 20.2 Å². The first kappa shape index (κ1) is 14.2. The number of hydrogen-bond acceptors (Lipinski definition) is 4. The number of amides is 1. The molecule has 108 valence electrons. The number of rotatable bonds is 5. The molecular formula is C12H15F2N5O. The number of halogens is 2. The van der Waals surface area contributed by atoms with E-state index < -0.39 is 17.5 Å². The van der Waals surface area contributed by atoms with E-state index in [0.717, 1.165) is 12.6 Å². The van der Waals surface area contributed by atoms with Gasteiger partial charge in [0.1, 0.15) is 5.52 Å². The van der Waals surface area contributed by atoms with Crippen molar-refractivity contribution in [2.24, 2.45) is 5.73 Å². The normalized spacial score (nSPS) is 11.2. The number of nitrogens with two attached hydrogens (primary N) is 1. The van der Waals surface area contributed by atoms with E-state index in [-0.39, 0.29) is 22.5 Å². The summed E-state index contributed by atoms with van der Waals surface area (Å²) < 4.78 is 27.0. The summed E-state index contributed by atoms with van der Waals surface area (Å²) in [5.41, 5.74) is 4.86. The number of hydrogen-bond donors (Lipinski definition) is 3. The molecule has 0 unspecified atom stereocenters. The Balaban J connectivity index is 2.39. The number of nitrogens with zero attached hydrogens (tertiary/aromatic N) is 2. The molecule has 0 saturated carbocycles. The van der Waals surface area contributed by atoms with Crippen molar-refractivity contribution in [3.8, 4) is 0 Å². The number of benzene rings is 1. The van der Waals surface area contributed by atoms with Gasteiger partial charge >= 0.3 is 0 Å². The Morgan fingerprint density at radius 1 is 1.50 bits per heavy atom. The minimum Gasteiger partial charge on any atom is -0.366 e. The van der Waals surface area contributed by atoms with Crippen molar-refractivity contribution >= 4 is 22.9 Å². The number of primary amides is 1. The van der Waals surface area contributed by atoms with Gasteiger partial charge in [0.15, 0.2) is 11.6 Å². The second kappa shape index (κ2) is 5.41. The minimum atomic E-state index is -1.15. The summed E-state index contributed by atoms with van der Waals surface area (Å²) in [7, 11) is 3.81. The van der Waals surface area contributed by atoms with Crippen LogP contribution in [-0.4, -0.2) is 48.0 Å². The molecule has 0 saturated heterocycles. The van der Waals surface area contributed by atoms with Gasteiger partial charge in [-0.15, -0.1) is 0 Å². The van der Waals surface area contributed by atoms with Crippen molar-refractivity contribution < 1.29 is 13.6 Å². The van der Waals surface area contributed by atoms with Gasteiger partial charge < -0.3 is 20.9 Å². The van der Waals surface area contributed by atoms with Crippen molar-refractivity contribution in [3.63, 3.8) is 0 Å². The molecule has 1 aromatic heterocycles. The molecule has 0 aliphatic carbocycles. The Morgan fingerprint density at radius 3 is 2.80 bits per heavy atom. The van der Waals surface area contributed by atoms with Gasteiger partial charge in [-0.3, -0.25) is 4.79 Å². The molecule has 0 radical (unpaired) electrons. The molecule has 0 aliphatic rings. The molecule has 1 heterocycles. The van der Waals surface area contributed by atoms with Crippen LogP contribution in [0.4, 0.5) is 14.7 Å². The maximum Gasteiger partial charge on any atom is 0.251 e. The molecule has 20 heavy (non-hydrogen) atoms. The molecule has 4 N–H and O–H groups in total.